The van der Waals surface area contributed by atoms with Crippen LogP contribution >= 0.6 is 0 Å². The lowest BCUT2D eigenvalue weighted by atomic mass is 9.59. The molecule has 38 heavy (non-hydrogen) atoms. The third-order valence-electron chi connectivity index (χ3n) is 8.23. The van der Waals surface area contributed by atoms with Gasteiger partial charge in [0, 0.05) is 35.6 Å². The fourth-order valence-electron chi connectivity index (χ4n) is 6.47. The number of phenolic OH excluding ortho intramolecular Hbond substituents is 1. The number of aromatic hydroxyl groups is 1. The summed E-state index contributed by atoms with van der Waals surface area (Å²) >= 11 is 0. The van der Waals surface area contributed by atoms with Gasteiger partial charge in [0.25, 0.3) is 0 Å². The molecule has 1 heterocycles. The van der Waals surface area contributed by atoms with E-state index in [1.165, 1.54) is 23.1 Å². The Kier molecular flexibility index (Phi) is 6.63. The standard InChI is InChI=1S/C29H28FNO7/c1-14-11-22(33)26-19(27(14)36)13-18-16(24(26)15-6-9-21(32)20(30)12-15)7-8-17-25(18)29(38)31(28(17)37)10-4-2-3-5-23(34)35/h6-7,9,11-12,17-18,24-25,32H,2-5,8,10,13H2,1H3,(H,34,35). The molecule has 9 heteroatoms. The van der Waals surface area contributed by atoms with Gasteiger partial charge in [0.2, 0.25) is 11.8 Å². The Morgan fingerprint density at radius 1 is 1.08 bits per heavy atom. The van der Waals surface area contributed by atoms with Gasteiger partial charge >= 0.3 is 5.97 Å². The molecule has 1 saturated heterocycles. The molecule has 0 bridgehead atoms. The molecule has 0 aromatic heterocycles. The number of phenols is 1. The number of likely N-dealkylation sites (tertiary alicyclic amines) is 1. The topological polar surface area (TPSA) is 129 Å². The summed E-state index contributed by atoms with van der Waals surface area (Å²) in [6.07, 6.45) is 5.12. The van der Waals surface area contributed by atoms with E-state index in [-0.39, 0.29) is 54.8 Å². The number of carboxylic acid groups (broad SMARTS) is 1. The summed E-state index contributed by atoms with van der Waals surface area (Å²) in [5, 5.41) is 18.5. The summed E-state index contributed by atoms with van der Waals surface area (Å²) in [5.41, 5.74) is 1.96. The number of carbonyl (C=O) groups is 5. The summed E-state index contributed by atoms with van der Waals surface area (Å²) in [6, 6.07) is 3.86. The minimum absolute atomic E-state index is 0.0276. The lowest BCUT2D eigenvalue weighted by molar-refractivity contribution is -0.141. The molecule has 0 radical (unpaired) electrons. The highest BCUT2D eigenvalue weighted by atomic mass is 19.1. The number of hydrogen-bond donors (Lipinski definition) is 2. The third-order valence-corrected chi connectivity index (χ3v) is 8.23. The number of benzene rings is 1. The van der Waals surface area contributed by atoms with Crippen LogP contribution in [0.15, 0.2) is 52.6 Å². The van der Waals surface area contributed by atoms with Gasteiger partial charge in [0.05, 0.1) is 11.8 Å². The Hall–Kier alpha value is -3.88. The van der Waals surface area contributed by atoms with Crippen molar-refractivity contribution in [2.75, 3.05) is 6.54 Å². The molecule has 198 valence electrons. The molecular formula is C29H28FNO7. The molecule has 2 amide bonds. The minimum Gasteiger partial charge on any atom is -0.505 e. The number of imide groups is 1. The van der Waals surface area contributed by atoms with E-state index in [4.69, 9.17) is 5.11 Å². The fraction of sp³-hybridized carbons (Fsp3) is 0.414. The average Bonchev–Trinajstić information content (AvgIpc) is 3.12. The molecule has 3 aliphatic carbocycles. The van der Waals surface area contributed by atoms with Gasteiger partial charge in [-0.1, -0.05) is 24.1 Å². The second kappa shape index (κ2) is 9.78. The zero-order chi connectivity index (χ0) is 27.3. The van der Waals surface area contributed by atoms with Gasteiger partial charge in [-0.2, -0.15) is 0 Å². The van der Waals surface area contributed by atoms with E-state index in [1.807, 2.05) is 6.08 Å². The smallest absolute Gasteiger partial charge is 0.303 e. The molecule has 8 nitrogen and oxygen atoms in total. The molecule has 1 aromatic rings. The highest BCUT2D eigenvalue weighted by molar-refractivity contribution is 6.23. The van der Waals surface area contributed by atoms with Crippen LogP contribution in [0, 0.1) is 23.6 Å². The molecule has 4 atom stereocenters. The van der Waals surface area contributed by atoms with Gasteiger partial charge < -0.3 is 10.2 Å². The first kappa shape index (κ1) is 25.8. The number of Topliss-reactive ketones (excluding diaryl/α,β-unsaturated/α-hetero) is 1. The Balaban J connectivity index is 1.50. The van der Waals surface area contributed by atoms with Crippen LogP contribution < -0.4 is 0 Å². The molecule has 4 unspecified atom stereocenters. The van der Waals surface area contributed by atoms with Crippen molar-refractivity contribution in [1.29, 1.82) is 0 Å². The van der Waals surface area contributed by atoms with Crippen LogP contribution in [0.1, 0.15) is 56.9 Å². The Morgan fingerprint density at radius 2 is 1.84 bits per heavy atom. The Morgan fingerprint density at radius 3 is 2.55 bits per heavy atom. The van der Waals surface area contributed by atoms with Gasteiger partial charge in [-0.3, -0.25) is 28.9 Å². The van der Waals surface area contributed by atoms with Crippen LogP contribution in [-0.4, -0.2) is 51.0 Å². The van der Waals surface area contributed by atoms with E-state index >= 15 is 0 Å². The predicted octanol–water partition coefficient (Wildman–Crippen LogP) is 3.61. The van der Waals surface area contributed by atoms with Crippen LogP contribution in [-0.2, 0) is 24.0 Å². The van der Waals surface area contributed by atoms with Crippen LogP contribution in [0.4, 0.5) is 4.39 Å². The Bertz CT molecular complexity index is 1370. The van der Waals surface area contributed by atoms with Crippen molar-refractivity contribution in [2.24, 2.45) is 17.8 Å². The van der Waals surface area contributed by atoms with Crippen molar-refractivity contribution in [2.45, 2.75) is 51.4 Å². The first-order valence-electron chi connectivity index (χ1n) is 12.9. The van der Waals surface area contributed by atoms with Crippen LogP contribution in [0.3, 0.4) is 0 Å². The third kappa shape index (κ3) is 4.19. The molecule has 0 saturated carbocycles. The average molecular weight is 522 g/mol. The summed E-state index contributed by atoms with van der Waals surface area (Å²) < 4.78 is 14.4. The van der Waals surface area contributed by atoms with Gasteiger partial charge in [0.15, 0.2) is 23.1 Å². The molecule has 4 aliphatic rings. The van der Waals surface area contributed by atoms with Gasteiger partial charge in [-0.15, -0.1) is 0 Å². The zero-order valence-electron chi connectivity index (χ0n) is 20.9. The van der Waals surface area contributed by atoms with Crippen molar-refractivity contribution in [3.8, 4) is 5.75 Å². The lowest BCUT2D eigenvalue weighted by Crippen LogP contribution is -2.39. The van der Waals surface area contributed by atoms with E-state index in [1.54, 1.807) is 6.92 Å². The van der Waals surface area contributed by atoms with E-state index in [2.05, 4.69) is 0 Å². The molecule has 0 spiro atoms. The second-order valence-corrected chi connectivity index (χ2v) is 10.5. The Labute approximate surface area is 218 Å². The van der Waals surface area contributed by atoms with E-state index in [9.17, 15) is 33.5 Å². The normalized spacial score (nSPS) is 26.6. The molecule has 1 aromatic carbocycles. The number of amides is 2. The van der Waals surface area contributed by atoms with Crippen molar-refractivity contribution < 1.29 is 38.6 Å². The predicted molar refractivity (Wildman–Crippen MR) is 132 cm³/mol. The van der Waals surface area contributed by atoms with Crippen molar-refractivity contribution in [1.82, 2.24) is 4.90 Å². The van der Waals surface area contributed by atoms with Crippen LogP contribution in [0.25, 0.3) is 0 Å². The van der Waals surface area contributed by atoms with Gasteiger partial charge in [-0.25, -0.2) is 4.39 Å². The SMILES string of the molecule is CC1=CC(=O)C2=C(CC3C(=CCC4C(=O)N(CCCCCC(=O)O)C(=O)C43)C2c2ccc(O)c(F)c2)C1=O. The number of unbranched alkanes of at least 4 members (excludes halogenated alkanes) is 2. The van der Waals surface area contributed by atoms with Gasteiger partial charge in [0.1, 0.15) is 0 Å². The van der Waals surface area contributed by atoms with E-state index in [0.717, 1.165) is 6.07 Å². The van der Waals surface area contributed by atoms with E-state index < -0.39 is 41.2 Å². The molecule has 1 fully saturated rings. The highest BCUT2D eigenvalue weighted by Crippen LogP contribution is 2.55. The number of aliphatic carboxylic acids is 1. The first-order valence-corrected chi connectivity index (χ1v) is 12.9. The van der Waals surface area contributed by atoms with Gasteiger partial charge in [-0.05, 0) is 62.3 Å². The number of allylic oxidation sites excluding steroid dienone is 6. The highest BCUT2D eigenvalue weighted by Gasteiger charge is 2.56. The van der Waals surface area contributed by atoms with Crippen LogP contribution in [0.2, 0.25) is 0 Å². The maximum absolute atomic E-state index is 14.4. The number of rotatable bonds is 7. The zero-order valence-corrected chi connectivity index (χ0v) is 20.9. The van der Waals surface area contributed by atoms with Crippen molar-refractivity contribution in [3.05, 3.63) is 64.0 Å². The number of fused-ring (bicyclic) bond motifs is 3. The molecule has 1 aliphatic heterocycles. The van der Waals surface area contributed by atoms with Crippen molar-refractivity contribution >= 4 is 29.4 Å². The number of ketones is 2. The second-order valence-electron chi connectivity index (χ2n) is 10.5. The molecular weight excluding hydrogens is 493 g/mol. The summed E-state index contributed by atoms with van der Waals surface area (Å²) in [5.74, 6) is -6.08. The number of carboxylic acids is 1. The molecule has 5 rings (SSSR count). The van der Waals surface area contributed by atoms with E-state index in [0.29, 0.717) is 41.5 Å². The molecule has 2 N–H and O–H groups in total. The monoisotopic (exact) mass is 521 g/mol. The van der Waals surface area contributed by atoms with Crippen LogP contribution in [0.5, 0.6) is 5.75 Å². The number of nitrogens with zero attached hydrogens (tertiary/aromatic N) is 1. The number of halogens is 1. The first-order chi connectivity index (χ1) is 18.1. The fourth-order valence-corrected chi connectivity index (χ4v) is 6.47. The maximum Gasteiger partial charge on any atom is 0.303 e. The number of carbonyl (C=O) groups excluding carboxylic acids is 4. The lowest BCUT2D eigenvalue weighted by Gasteiger charge is -2.42. The number of hydrogen-bond acceptors (Lipinski definition) is 6. The minimum atomic E-state index is -0.891. The summed E-state index contributed by atoms with van der Waals surface area (Å²) in [4.78, 5) is 65.2. The quantitative estimate of drug-likeness (QED) is 0.243. The maximum atomic E-state index is 14.4. The largest absolute Gasteiger partial charge is 0.505 e. The van der Waals surface area contributed by atoms with Crippen molar-refractivity contribution in [3.63, 3.8) is 0 Å². The summed E-state index contributed by atoms with van der Waals surface area (Å²) in [6.45, 7) is 1.76. The summed E-state index contributed by atoms with van der Waals surface area (Å²) in [7, 11) is 0.